The van der Waals surface area contributed by atoms with E-state index in [-0.39, 0.29) is 23.3 Å². The standard InChI is InChI=1S/C14H16N2O4/c1-20-14(19)11-7-6-10(15)12(17)8-4-2-3-5-9(8)13(18)16-11/h2-5,10-11H,6-7,15H2,1H3,(H,16,18)/t10?,11-/m0/s1. The predicted molar refractivity (Wildman–Crippen MR) is 71.3 cm³/mol. The second kappa shape index (κ2) is 5.83. The molecular weight excluding hydrogens is 260 g/mol. The molecule has 1 heterocycles. The van der Waals surface area contributed by atoms with E-state index in [1.165, 1.54) is 13.2 Å². The summed E-state index contributed by atoms with van der Waals surface area (Å²) in [5.74, 6) is -1.31. The zero-order valence-electron chi connectivity index (χ0n) is 11.1. The van der Waals surface area contributed by atoms with E-state index < -0.39 is 24.0 Å². The van der Waals surface area contributed by atoms with Gasteiger partial charge in [-0.1, -0.05) is 18.2 Å². The Morgan fingerprint density at radius 2 is 1.90 bits per heavy atom. The molecule has 1 aromatic rings. The van der Waals surface area contributed by atoms with Crippen molar-refractivity contribution in [3.63, 3.8) is 0 Å². The Morgan fingerprint density at radius 3 is 2.55 bits per heavy atom. The molecule has 6 nitrogen and oxygen atoms in total. The van der Waals surface area contributed by atoms with Crippen LogP contribution in [0.3, 0.4) is 0 Å². The fraction of sp³-hybridized carbons (Fsp3) is 0.357. The average molecular weight is 276 g/mol. The molecule has 6 heteroatoms. The lowest BCUT2D eigenvalue weighted by molar-refractivity contribution is -0.143. The molecule has 0 aliphatic carbocycles. The number of fused-ring (bicyclic) bond motifs is 1. The van der Waals surface area contributed by atoms with Crippen molar-refractivity contribution in [2.24, 2.45) is 5.73 Å². The lowest BCUT2D eigenvalue weighted by Gasteiger charge is -2.15. The number of esters is 1. The van der Waals surface area contributed by atoms with Crippen molar-refractivity contribution in [1.82, 2.24) is 5.32 Å². The largest absolute Gasteiger partial charge is 0.467 e. The number of carbonyl (C=O) groups excluding carboxylic acids is 3. The van der Waals surface area contributed by atoms with Gasteiger partial charge in [-0.3, -0.25) is 9.59 Å². The van der Waals surface area contributed by atoms with Crippen LogP contribution in [-0.2, 0) is 9.53 Å². The van der Waals surface area contributed by atoms with Crippen molar-refractivity contribution in [2.75, 3.05) is 7.11 Å². The molecule has 0 saturated carbocycles. The number of nitrogens with one attached hydrogen (secondary N) is 1. The van der Waals surface area contributed by atoms with Crippen molar-refractivity contribution >= 4 is 17.7 Å². The number of carbonyl (C=O) groups is 3. The van der Waals surface area contributed by atoms with Crippen LogP contribution in [0.2, 0.25) is 0 Å². The number of Topliss-reactive ketones (excluding diaryl/α,β-unsaturated/α-hetero) is 1. The Morgan fingerprint density at radius 1 is 1.25 bits per heavy atom. The second-order valence-corrected chi connectivity index (χ2v) is 4.64. The summed E-state index contributed by atoms with van der Waals surface area (Å²) < 4.78 is 4.65. The van der Waals surface area contributed by atoms with Gasteiger partial charge in [-0.15, -0.1) is 0 Å². The van der Waals surface area contributed by atoms with Gasteiger partial charge >= 0.3 is 5.97 Å². The van der Waals surface area contributed by atoms with Crippen LogP contribution in [0.1, 0.15) is 33.6 Å². The zero-order valence-corrected chi connectivity index (χ0v) is 11.1. The molecule has 0 radical (unpaired) electrons. The van der Waals surface area contributed by atoms with Gasteiger partial charge in [0.2, 0.25) is 0 Å². The first kappa shape index (κ1) is 14.2. The van der Waals surface area contributed by atoms with E-state index in [1.54, 1.807) is 18.2 Å². The van der Waals surface area contributed by atoms with E-state index >= 15 is 0 Å². The smallest absolute Gasteiger partial charge is 0.328 e. The Balaban J connectivity index is 2.41. The number of ketones is 1. The highest BCUT2D eigenvalue weighted by Crippen LogP contribution is 2.16. The summed E-state index contributed by atoms with van der Waals surface area (Å²) in [5.41, 5.74) is 6.35. The number of benzene rings is 1. The van der Waals surface area contributed by atoms with E-state index in [0.717, 1.165) is 0 Å². The molecule has 20 heavy (non-hydrogen) atoms. The van der Waals surface area contributed by atoms with Crippen LogP contribution in [0, 0.1) is 0 Å². The summed E-state index contributed by atoms with van der Waals surface area (Å²) >= 11 is 0. The molecule has 0 saturated heterocycles. The first-order valence-electron chi connectivity index (χ1n) is 6.32. The molecule has 0 bridgehead atoms. The van der Waals surface area contributed by atoms with Crippen LogP contribution in [0.5, 0.6) is 0 Å². The maximum atomic E-state index is 12.2. The van der Waals surface area contributed by atoms with Crippen LogP contribution >= 0.6 is 0 Å². The van der Waals surface area contributed by atoms with Crippen LogP contribution in [0.25, 0.3) is 0 Å². The maximum Gasteiger partial charge on any atom is 0.328 e. The second-order valence-electron chi connectivity index (χ2n) is 4.64. The molecule has 1 aromatic carbocycles. The third-order valence-corrected chi connectivity index (χ3v) is 3.33. The fourth-order valence-electron chi connectivity index (χ4n) is 2.20. The van der Waals surface area contributed by atoms with Gasteiger partial charge in [-0.2, -0.15) is 0 Å². The number of nitrogens with two attached hydrogens (primary N) is 1. The molecule has 106 valence electrons. The van der Waals surface area contributed by atoms with Gasteiger partial charge in [0.1, 0.15) is 6.04 Å². The monoisotopic (exact) mass is 276 g/mol. The van der Waals surface area contributed by atoms with Crippen LogP contribution in [0.15, 0.2) is 24.3 Å². The van der Waals surface area contributed by atoms with E-state index in [2.05, 4.69) is 10.1 Å². The molecular formula is C14H16N2O4. The van der Waals surface area contributed by atoms with Crippen LogP contribution in [-0.4, -0.2) is 36.9 Å². The number of methoxy groups -OCH3 is 1. The van der Waals surface area contributed by atoms with Crippen molar-refractivity contribution in [2.45, 2.75) is 24.9 Å². The van der Waals surface area contributed by atoms with E-state index in [1.807, 2.05) is 0 Å². The molecule has 0 spiro atoms. The summed E-state index contributed by atoms with van der Waals surface area (Å²) in [6.45, 7) is 0. The minimum Gasteiger partial charge on any atom is -0.467 e. The third-order valence-electron chi connectivity index (χ3n) is 3.33. The highest BCUT2D eigenvalue weighted by Gasteiger charge is 2.29. The maximum absolute atomic E-state index is 12.2. The van der Waals surface area contributed by atoms with E-state index in [9.17, 15) is 14.4 Å². The minimum absolute atomic E-state index is 0.226. The van der Waals surface area contributed by atoms with Gasteiger partial charge in [0.05, 0.1) is 18.7 Å². The van der Waals surface area contributed by atoms with E-state index in [4.69, 9.17) is 5.73 Å². The molecule has 2 atom stereocenters. The van der Waals surface area contributed by atoms with Gasteiger partial charge in [-0.25, -0.2) is 4.79 Å². The van der Waals surface area contributed by atoms with Gasteiger partial charge in [0.15, 0.2) is 5.78 Å². The molecule has 1 unspecified atom stereocenters. The summed E-state index contributed by atoms with van der Waals surface area (Å²) in [6, 6.07) is 4.90. The van der Waals surface area contributed by atoms with Crippen molar-refractivity contribution < 1.29 is 19.1 Å². The molecule has 1 amide bonds. The minimum atomic E-state index is -0.794. The summed E-state index contributed by atoms with van der Waals surface area (Å²) in [4.78, 5) is 36.0. The van der Waals surface area contributed by atoms with Crippen LogP contribution < -0.4 is 11.1 Å². The fourth-order valence-corrected chi connectivity index (χ4v) is 2.20. The molecule has 1 aliphatic heterocycles. The number of amides is 1. The van der Waals surface area contributed by atoms with Gasteiger partial charge in [0, 0.05) is 5.56 Å². The Kier molecular flexibility index (Phi) is 4.14. The quantitative estimate of drug-likeness (QED) is 0.717. The van der Waals surface area contributed by atoms with Gasteiger partial charge in [-0.05, 0) is 18.9 Å². The number of rotatable bonds is 1. The highest BCUT2D eigenvalue weighted by molar-refractivity contribution is 6.10. The van der Waals surface area contributed by atoms with Crippen molar-refractivity contribution in [3.05, 3.63) is 35.4 Å². The topological polar surface area (TPSA) is 98.5 Å². The van der Waals surface area contributed by atoms with Crippen molar-refractivity contribution in [1.29, 1.82) is 0 Å². The SMILES string of the molecule is COC(=O)[C@@H]1CCC(N)C(=O)c2ccccc2C(=O)N1. The van der Waals surface area contributed by atoms with Gasteiger partial charge < -0.3 is 15.8 Å². The lowest BCUT2D eigenvalue weighted by Crippen LogP contribution is -2.41. The molecule has 0 aromatic heterocycles. The first-order chi connectivity index (χ1) is 9.54. The van der Waals surface area contributed by atoms with Gasteiger partial charge in [0.25, 0.3) is 5.91 Å². The zero-order chi connectivity index (χ0) is 14.7. The molecule has 0 fully saturated rings. The molecule has 1 aliphatic rings. The average Bonchev–Trinajstić information content (AvgIpc) is 2.52. The van der Waals surface area contributed by atoms with Crippen LogP contribution in [0.4, 0.5) is 0 Å². The first-order valence-corrected chi connectivity index (χ1v) is 6.32. The number of ether oxygens (including phenoxy) is 1. The van der Waals surface area contributed by atoms with E-state index in [0.29, 0.717) is 6.42 Å². The highest BCUT2D eigenvalue weighted by atomic mass is 16.5. The van der Waals surface area contributed by atoms with Crippen molar-refractivity contribution in [3.8, 4) is 0 Å². The Bertz CT molecular complexity index is 556. The number of hydrogen-bond donors (Lipinski definition) is 2. The predicted octanol–water partition coefficient (Wildman–Crippen LogP) is 0.262. The summed E-state index contributed by atoms with van der Waals surface area (Å²) in [5, 5.41) is 2.59. The molecule has 2 rings (SSSR count). The Hall–Kier alpha value is -2.21. The normalized spacial score (nSPS) is 22.9. The lowest BCUT2D eigenvalue weighted by atomic mass is 9.97. The summed E-state index contributed by atoms with van der Waals surface area (Å²) in [7, 11) is 1.25. The third kappa shape index (κ3) is 2.70. The Labute approximate surface area is 116 Å². The summed E-state index contributed by atoms with van der Waals surface area (Å²) in [6.07, 6.45) is 0.562. The molecule has 3 N–H and O–H groups in total. The number of hydrogen-bond acceptors (Lipinski definition) is 5.